The van der Waals surface area contributed by atoms with Gasteiger partial charge in [-0.25, -0.2) is 4.39 Å². The molecule has 0 spiro atoms. The van der Waals surface area contributed by atoms with Crippen LogP contribution in [0.3, 0.4) is 0 Å². The molecule has 10 heavy (non-hydrogen) atoms. The van der Waals surface area contributed by atoms with Gasteiger partial charge in [-0.15, -0.1) is 0 Å². The summed E-state index contributed by atoms with van der Waals surface area (Å²) in [6.07, 6.45) is 2.02. The van der Waals surface area contributed by atoms with Gasteiger partial charge in [0.15, 0.2) is 5.83 Å². The van der Waals surface area contributed by atoms with E-state index in [0.717, 1.165) is 12.8 Å². The Hall–Kier alpha value is -0.930. The van der Waals surface area contributed by atoms with Crippen LogP contribution in [0.4, 0.5) is 4.39 Å². The summed E-state index contributed by atoms with van der Waals surface area (Å²) < 4.78 is 12.5. The second kappa shape index (κ2) is 2.77. The van der Waals surface area contributed by atoms with Crippen LogP contribution >= 0.6 is 0 Å². The van der Waals surface area contributed by atoms with Crippen molar-refractivity contribution in [3.8, 4) is 0 Å². The second-order valence-electron chi connectivity index (χ2n) is 2.32. The minimum absolute atomic E-state index is 0.216. The highest BCUT2D eigenvalue weighted by molar-refractivity contribution is 5.02. The van der Waals surface area contributed by atoms with E-state index in [9.17, 15) is 14.5 Å². The van der Waals surface area contributed by atoms with E-state index in [4.69, 9.17) is 0 Å². The maximum Gasteiger partial charge on any atom is 0.277 e. The number of rotatable bonds is 1. The summed E-state index contributed by atoms with van der Waals surface area (Å²) in [6.45, 7) is 0. The molecule has 0 aliphatic heterocycles. The molecule has 0 aromatic rings. The highest BCUT2D eigenvalue weighted by Gasteiger charge is 2.21. The Balaban J connectivity index is 2.78. The van der Waals surface area contributed by atoms with E-state index in [2.05, 4.69) is 0 Å². The Morgan fingerprint density at radius 3 is 2.40 bits per heavy atom. The molecule has 56 valence electrons. The molecule has 0 unspecified atom stereocenters. The number of hydrogen-bond donors (Lipinski definition) is 0. The SMILES string of the molecule is O=[N+]([O-])C1=C(F)CCCC1. The van der Waals surface area contributed by atoms with Crippen LogP contribution < -0.4 is 0 Å². The fraction of sp³-hybridized carbons (Fsp3) is 0.667. The minimum Gasteiger partial charge on any atom is -0.259 e. The lowest BCUT2D eigenvalue weighted by molar-refractivity contribution is -0.431. The minimum atomic E-state index is -0.617. The fourth-order valence-electron chi connectivity index (χ4n) is 1.04. The highest BCUT2D eigenvalue weighted by Crippen LogP contribution is 2.25. The fourth-order valence-corrected chi connectivity index (χ4v) is 1.04. The van der Waals surface area contributed by atoms with Gasteiger partial charge < -0.3 is 0 Å². The summed E-state index contributed by atoms with van der Waals surface area (Å²) in [7, 11) is 0. The van der Waals surface area contributed by atoms with Crippen LogP contribution in [0.5, 0.6) is 0 Å². The summed E-state index contributed by atoms with van der Waals surface area (Å²) >= 11 is 0. The first-order valence-electron chi connectivity index (χ1n) is 3.23. The maximum absolute atomic E-state index is 12.5. The smallest absolute Gasteiger partial charge is 0.259 e. The standard InChI is InChI=1S/C6H8FNO2/c7-5-3-1-2-4-6(5)8(9)10/h1-4H2. The van der Waals surface area contributed by atoms with Gasteiger partial charge in [0, 0.05) is 12.8 Å². The van der Waals surface area contributed by atoms with E-state index >= 15 is 0 Å². The lowest BCUT2D eigenvalue weighted by Crippen LogP contribution is -2.05. The van der Waals surface area contributed by atoms with Crippen molar-refractivity contribution in [2.24, 2.45) is 0 Å². The van der Waals surface area contributed by atoms with E-state index < -0.39 is 10.8 Å². The molecule has 0 radical (unpaired) electrons. The number of halogens is 1. The summed E-state index contributed by atoms with van der Waals surface area (Å²) in [5, 5.41) is 10.1. The van der Waals surface area contributed by atoms with Crippen LogP contribution in [0.2, 0.25) is 0 Å². The van der Waals surface area contributed by atoms with E-state index in [1.807, 2.05) is 0 Å². The molecular formula is C6H8FNO2. The zero-order valence-corrected chi connectivity index (χ0v) is 5.47. The Morgan fingerprint density at radius 2 is 2.00 bits per heavy atom. The van der Waals surface area contributed by atoms with E-state index in [0.29, 0.717) is 6.42 Å². The third kappa shape index (κ3) is 1.32. The molecule has 4 heteroatoms. The van der Waals surface area contributed by atoms with Crippen LogP contribution in [0, 0.1) is 10.1 Å². The van der Waals surface area contributed by atoms with Crippen molar-refractivity contribution in [1.82, 2.24) is 0 Å². The predicted octanol–water partition coefficient (Wildman–Crippen LogP) is 2.02. The van der Waals surface area contributed by atoms with Gasteiger partial charge in [-0.1, -0.05) is 0 Å². The van der Waals surface area contributed by atoms with E-state index in [-0.39, 0.29) is 12.1 Å². The Kier molecular flexibility index (Phi) is 1.99. The molecule has 0 N–H and O–H groups in total. The molecule has 0 atom stereocenters. The number of hydrogen-bond acceptors (Lipinski definition) is 2. The van der Waals surface area contributed by atoms with Gasteiger partial charge in [0.2, 0.25) is 0 Å². The Labute approximate surface area is 57.7 Å². The zero-order chi connectivity index (χ0) is 7.56. The van der Waals surface area contributed by atoms with Crippen molar-refractivity contribution < 1.29 is 9.31 Å². The number of nitrogens with zero attached hydrogens (tertiary/aromatic N) is 1. The summed E-state index contributed by atoms with van der Waals surface area (Å²) in [5.41, 5.74) is -0.216. The normalized spacial score (nSPS) is 19.3. The average Bonchev–Trinajstić information content (AvgIpc) is 1.88. The molecule has 0 aromatic carbocycles. The third-order valence-electron chi connectivity index (χ3n) is 1.59. The Morgan fingerprint density at radius 1 is 1.40 bits per heavy atom. The molecule has 1 aliphatic rings. The second-order valence-corrected chi connectivity index (χ2v) is 2.32. The molecule has 0 saturated heterocycles. The van der Waals surface area contributed by atoms with Crippen molar-refractivity contribution >= 4 is 0 Å². The average molecular weight is 145 g/mol. The molecule has 0 heterocycles. The van der Waals surface area contributed by atoms with E-state index in [1.165, 1.54) is 0 Å². The quantitative estimate of drug-likeness (QED) is 0.418. The van der Waals surface area contributed by atoms with Crippen molar-refractivity contribution in [3.05, 3.63) is 21.6 Å². The van der Waals surface area contributed by atoms with Gasteiger partial charge in [0.1, 0.15) is 0 Å². The van der Waals surface area contributed by atoms with Crippen molar-refractivity contribution in [2.45, 2.75) is 25.7 Å². The van der Waals surface area contributed by atoms with Crippen molar-refractivity contribution in [2.75, 3.05) is 0 Å². The van der Waals surface area contributed by atoms with Crippen LogP contribution in [-0.4, -0.2) is 4.92 Å². The lowest BCUT2D eigenvalue weighted by atomic mass is 10.0. The highest BCUT2D eigenvalue weighted by atomic mass is 19.1. The number of nitro groups is 1. The van der Waals surface area contributed by atoms with Gasteiger partial charge in [0.25, 0.3) is 5.70 Å². The molecule has 0 amide bonds. The van der Waals surface area contributed by atoms with Crippen LogP contribution in [0.15, 0.2) is 11.5 Å². The molecule has 3 nitrogen and oxygen atoms in total. The predicted molar refractivity (Wildman–Crippen MR) is 33.6 cm³/mol. The zero-order valence-electron chi connectivity index (χ0n) is 5.47. The van der Waals surface area contributed by atoms with Crippen LogP contribution in [0.1, 0.15) is 25.7 Å². The van der Waals surface area contributed by atoms with Gasteiger partial charge in [-0.2, -0.15) is 0 Å². The van der Waals surface area contributed by atoms with Gasteiger partial charge in [-0.05, 0) is 12.8 Å². The van der Waals surface area contributed by atoms with Crippen LogP contribution in [0.25, 0.3) is 0 Å². The number of allylic oxidation sites excluding steroid dienone is 2. The monoisotopic (exact) mass is 145 g/mol. The molecular weight excluding hydrogens is 137 g/mol. The first-order chi connectivity index (χ1) is 4.72. The van der Waals surface area contributed by atoms with Crippen molar-refractivity contribution in [1.29, 1.82) is 0 Å². The summed E-state index contributed by atoms with van der Waals surface area (Å²) in [5.74, 6) is -0.531. The van der Waals surface area contributed by atoms with Gasteiger partial charge in [0.05, 0.1) is 4.92 Å². The molecule has 1 aliphatic carbocycles. The van der Waals surface area contributed by atoms with E-state index in [1.54, 1.807) is 0 Å². The molecule has 0 saturated carbocycles. The van der Waals surface area contributed by atoms with Crippen LogP contribution in [-0.2, 0) is 0 Å². The third-order valence-corrected chi connectivity index (χ3v) is 1.59. The molecule has 1 rings (SSSR count). The molecule has 0 aromatic heterocycles. The summed E-state index contributed by atoms with van der Waals surface area (Å²) in [4.78, 5) is 9.46. The van der Waals surface area contributed by atoms with Gasteiger partial charge >= 0.3 is 0 Å². The van der Waals surface area contributed by atoms with Crippen molar-refractivity contribution in [3.63, 3.8) is 0 Å². The Bertz CT molecular complexity index is 188. The molecule has 0 bridgehead atoms. The largest absolute Gasteiger partial charge is 0.277 e. The maximum atomic E-state index is 12.5. The molecule has 0 fully saturated rings. The first kappa shape index (κ1) is 7.18. The topological polar surface area (TPSA) is 43.1 Å². The first-order valence-corrected chi connectivity index (χ1v) is 3.23. The lowest BCUT2D eigenvalue weighted by Gasteiger charge is -2.06. The summed E-state index contributed by atoms with van der Waals surface area (Å²) in [6, 6.07) is 0. The van der Waals surface area contributed by atoms with Gasteiger partial charge in [-0.3, -0.25) is 10.1 Å².